The maximum Gasteiger partial charge on any atom is 0.0555 e. The molecular weight excluding hydrogens is 265 g/mol. The van der Waals surface area contributed by atoms with Gasteiger partial charge in [-0.25, -0.2) is 0 Å². The van der Waals surface area contributed by atoms with Crippen LogP contribution in [0, 0.1) is 13.8 Å². The maximum absolute atomic E-state index is 6.29. The van der Waals surface area contributed by atoms with Crippen LogP contribution in [0.5, 0.6) is 0 Å². The number of benzene rings is 2. The minimum atomic E-state index is -0.207. The first-order valence-electron chi connectivity index (χ1n) is 5.76. The summed E-state index contributed by atoms with van der Waals surface area (Å²) in [5.74, 6) is 0. The van der Waals surface area contributed by atoms with Crippen LogP contribution in [0.1, 0.15) is 28.3 Å². The molecule has 1 atom stereocenters. The third-order valence-corrected chi connectivity index (χ3v) is 3.77. The number of nitrogens with two attached hydrogens (primary N) is 1. The molecule has 2 aromatic carbocycles. The van der Waals surface area contributed by atoms with E-state index in [1.807, 2.05) is 50.2 Å². The Hall–Kier alpha value is -1.02. The summed E-state index contributed by atoms with van der Waals surface area (Å²) in [4.78, 5) is 0. The van der Waals surface area contributed by atoms with E-state index < -0.39 is 0 Å². The van der Waals surface area contributed by atoms with Crippen molar-refractivity contribution in [3.05, 3.63) is 68.7 Å². The van der Waals surface area contributed by atoms with Gasteiger partial charge in [-0.05, 0) is 54.3 Å². The SMILES string of the molecule is Cc1ccc(C(N)c2cc(Cl)ccc2C)cc1Cl. The Bertz CT molecular complexity index is 579. The lowest BCUT2D eigenvalue weighted by Gasteiger charge is -2.16. The number of hydrogen-bond acceptors (Lipinski definition) is 1. The van der Waals surface area contributed by atoms with Crippen molar-refractivity contribution in [1.82, 2.24) is 0 Å². The van der Waals surface area contributed by atoms with E-state index in [9.17, 15) is 0 Å². The molecule has 0 aliphatic heterocycles. The van der Waals surface area contributed by atoms with E-state index in [0.29, 0.717) is 5.02 Å². The summed E-state index contributed by atoms with van der Waals surface area (Å²) in [5.41, 5.74) is 10.5. The van der Waals surface area contributed by atoms with Gasteiger partial charge in [0.2, 0.25) is 0 Å². The highest BCUT2D eigenvalue weighted by molar-refractivity contribution is 6.31. The second-order valence-electron chi connectivity index (χ2n) is 4.49. The highest BCUT2D eigenvalue weighted by Gasteiger charge is 2.12. The Morgan fingerprint density at radius 2 is 1.61 bits per heavy atom. The van der Waals surface area contributed by atoms with E-state index in [-0.39, 0.29) is 6.04 Å². The van der Waals surface area contributed by atoms with Gasteiger partial charge in [0.1, 0.15) is 0 Å². The van der Waals surface area contributed by atoms with Gasteiger partial charge in [-0.1, -0.05) is 41.4 Å². The Kier molecular flexibility index (Phi) is 3.96. The molecule has 0 heterocycles. The topological polar surface area (TPSA) is 26.0 Å². The molecule has 1 unspecified atom stereocenters. The van der Waals surface area contributed by atoms with Crippen LogP contribution in [0.25, 0.3) is 0 Å². The van der Waals surface area contributed by atoms with Crippen LogP contribution in [0.2, 0.25) is 10.0 Å². The van der Waals surface area contributed by atoms with Crippen LogP contribution in [0.3, 0.4) is 0 Å². The van der Waals surface area contributed by atoms with Crippen molar-refractivity contribution < 1.29 is 0 Å². The van der Waals surface area contributed by atoms with Crippen molar-refractivity contribution in [1.29, 1.82) is 0 Å². The van der Waals surface area contributed by atoms with E-state index in [2.05, 4.69) is 0 Å². The quantitative estimate of drug-likeness (QED) is 0.850. The summed E-state index contributed by atoms with van der Waals surface area (Å²) < 4.78 is 0. The lowest BCUT2D eigenvalue weighted by atomic mass is 9.95. The van der Waals surface area contributed by atoms with Crippen LogP contribution in [0.4, 0.5) is 0 Å². The molecule has 3 heteroatoms. The van der Waals surface area contributed by atoms with E-state index in [0.717, 1.165) is 27.3 Å². The monoisotopic (exact) mass is 279 g/mol. The Morgan fingerprint density at radius 1 is 0.944 bits per heavy atom. The highest BCUT2D eigenvalue weighted by atomic mass is 35.5. The molecule has 1 nitrogen and oxygen atoms in total. The zero-order chi connectivity index (χ0) is 13.3. The van der Waals surface area contributed by atoms with Crippen molar-refractivity contribution >= 4 is 23.2 Å². The summed E-state index contributed by atoms with van der Waals surface area (Å²) in [6.45, 7) is 4.00. The Balaban J connectivity index is 2.44. The molecule has 0 fully saturated rings. The first-order valence-corrected chi connectivity index (χ1v) is 6.52. The van der Waals surface area contributed by atoms with Gasteiger partial charge < -0.3 is 5.73 Å². The first kappa shape index (κ1) is 13.4. The average Bonchev–Trinajstić information content (AvgIpc) is 2.35. The molecule has 0 bridgehead atoms. The van der Waals surface area contributed by atoms with Gasteiger partial charge in [0.25, 0.3) is 0 Å². The van der Waals surface area contributed by atoms with Gasteiger partial charge in [-0.15, -0.1) is 0 Å². The van der Waals surface area contributed by atoms with Crippen LogP contribution in [0.15, 0.2) is 36.4 Å². The van der Waals surface area contributed by atoms with Crippen molar-refractivity contribution in [2.75, 3.05) is 0 Å². The summed E-state index contributed by atoms with van der Waals surface area (Å²) in [6.07, 6.45) is 0. The van der Waals surface area contributed by atoms with Gasteiger partial charge in [-0.3, -0.25) is 0 Å². The van der Waals surface area contributed by atoms with Gasteiger partial charge >= 0.3 is 0 Å². The Labute approximate surface area is 118 Å². The van der Waals surface area contributed by atoms with E-state index in [1.54, 1.807) is 0 Å². The largest absolute Gasteiger partial charge is 0.320 e. The molecule has 0 radical (unpaired) electrons. The highest BCUT2D eigenvalue weighted by Crippen LogP contribution is 2.28. The molecule has 2 aromatic rings. The minimum absolute atomic E-state index is 0.207. The molecule has 0 amide bonds. The lowest BCUT2D eigenvalue weighted by molar-refractivity contribution is 0.861. The van der Waals surface area contributed by atoms with Gasteiger partial charge in [0.05, 0.1) is 6.04 Å². The molecule has 2 rings (SSSR count). The van der Waals surface area contributed by atoms with Gasteiger partial charge in [-0.2, -0.15) is 0 Å². The standard InChI is InChI=1S/C15H15Cl2N/c1-9-4-6-12(16)8-13(9)15(18)11-5-3-10(2)14(17)7-11/h3-8,15H,18H2,1-2H3. The van der Waals surface area contributed by atoms with E-state index in [4.69, 9.17) is 28.9 Å². The van der Waals surface area contributed by atoms with Crippen LogP contribution >= 0.6 is 23.2 Å². The van der Waals surface area contributed by atoms with E-state index >= 15 is 0 Å². The third-order valence-electron chi connectivity index (χ3n) is 3.13. The number of rotatable bonds is 2. The zero-order valence-corrected chi connectivity index (χ0v) is 11.9. The molecule has 0 aliphatic rings. The van der Waals surface area contributed by atoms with Crippen LogP contribution < -0.4 is 5.73 Å². The third kappa shape index (κ3) is 2.69. The number of hydrogen-bond donors (Lipinski definition) is 1. The lowest BCUT2D eigenvalue weighted by Crippen LogP contribution is -2.13. The fourth-order valence-corrected chi connectivity index (χ4v) is 2.30. The molecule has 0 saturated heterocycles. The predicted molar refractivity (Wildman–Crippen MR) is 78.4 cm³/mol. The molecule has 18 heavy (non-hydrogen) atoms. The molecule has 94 valence electrons. The number of aryl methyl sites for hydroxylation is 2. The minimum Gasteiger partial charge on any atom is -0.320 e. The normalized spacial score (nSPS) is 12.5. The van der Waals surface area contributed by atoms with Crippen molar-refractivity contribution in [2.24, 2.45) is 5.73 Å². The van der Waals surface area contributed by atoms with Crippen molar-refractivity contribution in [2.45, 2.75) is 19.9 Å². The molecule has 2 N–H and O–H groups in total. The van der Waals surface area contributed by atoms with Crippen molar-refractivity contribution in [3.8, 4) is 0 Å². The summed E-state index contributed by atoms with van der Waals surface area (Å²) in [5, 5.41) is 1.44. The van der Waals surface area contributed by atoms with Crippen molar-refractivity contribution in [3.63, 3.8) is 0 Å². The molecule has 0 aliphatic carbocycles. The maximum atomic E-state index is 6.29. The second kappa shape index (κ2) is 5.31. The zero-order valence-electron chi connectivity index (χ0n) is 10.4. The summed E-state index contributed by atoms with van der Waals surface area (Å²) in [6, 6.07) is 11.5. The summed E-state index contributed by atoms with van der Waals surface area (Å²) in [7, 11) is 0. The predicted octanol–water partition coefficient (Wildman–Crippen LogP) is 4.66. The number of halogens is 2. The smallest absolute Gasteiger partial charge is 0.0555 e. The van der Waals surface area contributed by atoms with Gasteiger partial charge in [0.15, 0.2) is 0 Å². The molecular formula is C15H15Cl2N. The second-order valence-corrected chi connectivity index (χ2v) is 5.33. The molecule has 0 saturated carbocycles. The molecule has 0 aromatic heterocycles. The fraction of sp³-hybridized carbons (Fsp3) is 0.200. The van der Waals surface area contributed by atoms with E-state index in [1.165, 1.54) is 0 Å². The van der Waals surface area contributed by atoms with Crippen LogP contribution in [-0.2, 0) is 0 Å². The Morgan fingerprint density at radius 3 is 2.28 bits per heavy atom. The first-order chi connectivity index (χ1) is 8.49. The van der Waals surface area contributed by atoms with Crippen LogP contribution in [-0.4, -0.2) is 0 Å². The average molecular weight is 280 g/mol. The van der Waals surface area contributed by atoms with Gasteiger partial charge in [0, 0.05) is 10.0 Å². The molecule has 0 spiro atoms. The summed E-state index contributed by atoms with van der Waals surface area (Å²) >= 11 is 12.2. The fourth-order valence-electron chi connectivity index (χ4n) is 1.93.